The van der Waals surface area contributed by atoms with Crippen LogP contribution in [0, 0.1) is 10.8 Å². The number of benzene rings is 2. The molecule has 2 aromatic rings. The Bertz CT molecular complexity index is 811. The van der Waals surface area contributed by atoms with Gasteiger partial charge in [-0.15, -0.1) is 0 Å². The van der Waals surface area contributed by atoms with Crippen molar-refractivity contribution in [2.24, 2.45) is 10.8 Å². The Hall–Kier alpha value is -2.06. The van der Waals surface area contributed by atoms with Gasteiger partial charge in [-0.2, -0.15) is 0 Å². The predicted octanol–water partition coefficient (Wildman–Crippen LogP) is 6.33. The third-order valence-corrected chi connectivity index (χ3v) is 5.95. The molecule has 0 radical (unpaired) electrons. The number of aryl methyl sites for hydroxylation is 1. The number of rotatable bonds is 5. The highest BCUT2D eigenvalue weighted by Gasteiger charge is 2.43. The molecule has 0 spiro atoms. The Morgan fingerprint density at radius 2 is 1.61 bits per heavy atom. The van der Waals surface area contributed by atoms with Gasteiger partial charge in [-0.25, -0.2) is 0 Å². The van der Waals surface area contributed by atoms with Crippen molar-refractivity contribution < 1.29 is 10.2 Å². The summed E-state index contributed by atoms with van der Waals surface area (Å²) in [6, 6.07) is 16.5. The van der Waals surface area contributed by atoms with Crippen molar-refractivity contribution in [1.29, 1.82) is 0 Å². The molecular weight excluding hydrogens is 344 g/mol. The molecule has 2 heteroatoms. The number of allylic oxidation sites excluding steroid dienone is 1. The molecule has 1 aliphatic rings. The molecular formula is C26H34O2. The minimum atomic E-state index is 0.164. The molecule has 0 bridgehead atoms. The van der Waals surface area contributed by atoms with Gasteiger partial charge in [-0.1, -0.05) is 75.7 Å². The van der Waals surface area contributed by atoms with Crippen LogP contribution in [0.25, 0.3) is 6.08 Å². The molecule has 1 fully saturated rings. The maximum absolute atomic E-state index is 9.61. The highest BCUT2D eigenvalue weighted by Crippen LogP contribution is 2.56. The fraction of sp³-hybridized carbons (Fsp3) is 0.462. The summed E-state index contributed by atoms with van der Waals surface area (Å²) < 4.78 is 0. The molecule has 0 aromatic heterocycles. The van der Waals surface area contributed by atoms with Gasteiger partial charge >= 0.3 is 0 Å². The monoisotopic (exact) mass is 378 g/mol. The van der Waals surface area contributed by atoms with Crippen molar-refractivity contribution in [2.75, 3.05) is 6.61 Å². The highest BCUT2D eigenvalue weighted by molar-refractivity contribution is 5.57. The number of aliphatic hydroxyl groups excluding tert-OH is 1. The Morgan fingerprint density at radius 1 is 0.964 bits per heavy atom. The number of hydrogen-bond acceptors (Lipinski definition) is 2. The van der Waals surface area contributed by atoms with Crippen molar-refractivity contribution in [3.63, 3.8) is 0 Å². The van der Waals surface area contributed by atoms with Crippen LogP contribution in [0.1, 0.15) is 69.6 Å². The second kappa shape index (κ2) is 8.13. The molecule has 0 aliphatic heterocycles. The molecule has 3 rings (SSSR count). The van der Waals surface area contributed by atoms with Gasteiger partial charge in [0.15, 0.2) is 0 Å². The smallest absolute Gasteiger partial charge is 0.115 e. The number of phenols is 1. The number of aliphatic hydroxyl groups is 1. The fourth-order valence-corrected chi connectivity index (χ4v) is 5.30. The molecule has 1 atom stereocenters. The molecule has 150 valence electrons. The summed E-state index contributed by atoms with van der Waals surface area (Å²) >= 11 is 0. The first-order chi connectivity index (χ1) is 13.2. The normalized spacial score (nSPS) is 22.3. The summed E-state index contributed by atoms with van der Waals surface area (Å²) in [5, 5.41) is 18.7. The van der Waals surface area contributed by atoms with E-state index in [-0.39, 0.29) is 17.4 Å². The maximum atomic E-state index is 9.61. The van der Waals surface area contributed by atoms with Gasteiger partial charge in [0.2, 0.25) is 0 Å². The molecule has 1 saturated carbocycles. The lowest BCUT2D eigenvalue weighted by molar-refractivity contribution is 0.131. The molecule has 0 heterocycles. The molecule has 0 amide bonds. The van der Waals surface area contributed by atoms with Crippen LogP contribution in [0.2, 0.25) is 0 Å². The zero-order chi connectivity index (χ0) is 20.4. The van der Waals surface area contributed by atoms with E-state index in [1.165, 1.54) is 23.1 Å². The minimum absolute atomic E-state index is 0.164. The van der Waals surface area contributed by atoms with Crippen molar-refractivity contribution in [1.82, 2.24) is 0 Å². The summed E-state index contributed by atoms with van der Waals surface area (Å²) in [6.45, 7) is 9.76. The number of aromatic hydroxyl groups is 1. The van der Waals surface area contributed by atoms with Crippen LogP contribution in [-0.4, -0.2) is 16.8 Å². The van der Waals surface area contributed by atoms with Crippen LogP contribution >= 0.6 is 0 Å². The van der Waals surface area contributed by atoms with Gasteiger partial charge in [0, 0.05) is 12.5 Å². The van der Waals surface area contributed by atoms with Crippen LogP contribution < -0.4 is 0 Å². The van der Waals surface area contributed by atoms with E-state index in [2.05, 4.69) is 58.0 Å². The summed E-state index contributed by atoms with van der Waals surface area (Å²) in [5.41, 5.74) is 5.70. The van der Waals surface area contributed by atoms with Gasteiger partial charge in [-0.05, 0) is 65.3 Å². The molecule has 2 N–H and O–H groups in total. The number of phenolic OH excluding ortho intramolecular Hbond substituents is 1. The third-order valence-electron chi connectivity index (χ3n) is 5.95. The average Bonchev–Trinajstić information content (AvgIpc) is 2.61. The Balaban J connectivity index is 1.99. The first-order valence-electron chi connectivity index (χ1n) is 10.4. The second-order valence-electron chi connectivity index (χ2n) is 9.82. The summed E-state index contributed by atoms with van der Waals surface area (Å²) in [5.74, 6) is 0.683. The van der Waals surface area contributed by atoms with Gasteiger partial charge in [0.25, 0.3) is 0 Å². The SMILES string of the molecule is CC1(C)CC(=Cc2ccc(O)cc2)C(c2ccc(CCCO)cc2)C(C)(C)C1. The molecule has 1 aliphatic carbocycles. The summed E-state index contributed by atoms with van der Waals surface area (Å²) in [6.07, 6.45) is 6.33. The molecule has 28 heavy (non-hydrogen) atoms. The van der Waals surface area contributed by atoms with Crippen molar-refractivity contribution in [3.05, 3.63) is 70.8 Å². The zero-order valence-electron chi connectivity index (χ0n) is 17.7. The fourth-order valence-electron chi connectivity index (χ4n) is 5.30. The lowest BCUT2D eigenvalue weighted by atomic mass is 9.56. The van der Waals surface area contributed by atoms with Gasteiger partial charge in [0.05, 0.1) is 0 Å². The third kappa shape index (κ3) is 4.86. The van der Waals surface area contributed by atoms with E-state index in [9.17, 15) is 5.11 Å². The van der Waals surface area contributed by atoms with Crippen molar-refractivity contribution >= 4 is 6.08 Å². The highest BCUT2D eigenvalue weighted by atomic mass is 16.3. The molecule has 1 unspecified atom stereocenters. The van der Waals surface area contributed by atoms with Crippen LogP contribution in [0.5, 0.6) is 5.75 Å². The van der Waals surface area contributed by atoms with Gasteiger partial charge < -0.3 is 10.2 Å². The van der Waals surface area contributed by atoms with Crippen molar-refractivity contribution in [3.8, 4) is 5.75 Å². The Kier molecular flexibility index (Phi) is 6.00. The molecule has 2 aromatic carbocycles. The summed E-state index contributed by atoms with van der Waals surface area (Å²) in [4.78, 5) is 0. The van der Waals surface area contributed by atoms with E-state index < -0.39 is 0 Å². The topological polar surface area (TPSA) is 40.5 Å². The Morgan fingerprint density at radius 3 is 2.21 bits per heavy atom. The van der Waals surface area contributed by atoms with Crippen LogP contribution in [-0.2, 0) is 6.42 Å². The zero-order valence-corrected chi connectivity index (χ0v) is 17.7. The molecule has 0 saturated heterocycles. The average molecular weight is 379 g/mol. The minimum Gasteiger partial charge on any atom is -0.508 e. The van der Waals surface area contributed by atoms with Gasteiger partial charge in [0.1, 0.15) is 5.75 Å². The summed E-state index contributed by atoms with van der Waals surface area (Å²) in [7, 11) is 0. The number of hydrogen-bond donors (Lipinski definition) is 2. The lowest BCUT2D eigenvalue weighted by Crippen LogP contribution is -2.36. The first-order valence-corrected chi connectivity index (χ1v) is 10.4. The predicted molar refractivity (Wildman–Crippen MR) is 117 cm³/mol. The largest absolute Gasteiger partial charge is 0.508 e. The van der Waals surface area contributed by atoms with Crippen LogP contribution in [0.4, 0.5) is 0 Å². The van der Waals surface area contributed by atoms with E-state index in [0.717, 1.165) is 24.8 Å². The van der Waals surface area contributed by atoms with Crippen molar-refractivity contribution in [2.45, 2.75) is 59.3 Å². The Labute approximate surface area is 169 Å². The van der Waals surface area contributed by atoms with E-state index >= 15 is 0 Å². The molecule has 2 nitrogen and oxygen atoms in total. The maximum Gasteiger partial charge on any atom is 0.115 e. The standard InChI is InChI=1S/C26H34O2/c1-25(2)17-22(16-20-9-13-23(28)14-10-20)24(26(3,4)18-25)21-11-7-19(8-12-21)6-5-15-27/h7-14,16,24,27-28H,5-6,15,17-18H2,1-4H3. The van der Waals surface area contributed by atoms with E-state index in [0.29, 0.717) is 11.7 Å². The van der Waals surface area contributed by atoms with Crippen LogP contribution in [0.3, 0.4) is 0 Å². The van der Waals surface area contributed by atoms with Gasteiger partial charge in [-0.3, -0.25) is 0 Å². The quantitative estimate of drug-likeness (QED) is 0.638. The van der Waals surface area contributed by atoms with E-state index in [1.807, 2.05) is 12.1 Å². The van der Waals surface area contributed by atoms with Crippen LogP contribution in [0.15, 0.2) is 54.1 Å². The lowest BCUT2D eigenvalue weighted by Gasteiger charge is -2.48. The van der Waals surface area contributed by atoms with E-state index in [4.69, 9.17) is 5.11 Å². The van der Waals surface area contributed by atoms with E-state index in [1.54, 1.807) is 12.1 Å². The first kappa shape index (κ1) is 20.7. The second-order valence-corrected chi connectivity index (χ2v) is 9.82.